The Labute approximate surface area is 297 Å². The number of likely N-dealkylation sites (tertiary alicyclic amines) is 1. The third kappa shape index (κ3) is 8.29. The number of halogens is 1. The van der Waals surface area contributed by atoms with Gasteiger partial charge in [0.1, 0.15) is 5.75 Å². The van der Waals surface area contributed by atoms with Crippen LogP contribution in [-0.2, 0) is 32.5 Å². The number of nitrogens with zero attached hydrogens (tertiary/aromatic N) is 3. The molecule has 2 aromatic rings. The quantitative estimate of drug-likeness (QED) is 0.258. The maximum absolute atomic E-state index is 13.8. The maximum atomic E-state index is 13.8. The van der Waals surface area contributed by atoms with Gasteiger partial charge in [-0.3, -0.25) is 4.79 Å². The number of rotatable bonds is 3. The Hall–Kier alpha value is -3.08. The third-order valence-corrected chi connectivity index (χ3v) is 12.8. The van der Waals surface area contributed by atoms with E-state index in [-0.39, 0.29) is 23.5 Å². The number of aryl methyl sites for hydroxylation is 1. The molecule has 0 aromatic heterocycles. The Morgan fingerprint density at radius 1 is 1.04 bits per heavy atom. The maximum Gasteiger partial charge on any atom is 0.316 e. The smallest absolute Gasteiger partial charge is 0.316 e. The summed E-state index contributed by atoms with van der Waals surface area (Å²) < 4.78 is 30.0. The number of carbonyl (C=O) groups is 2. The second kappa shape index (κ2) is 15.4. The molecule has 3 aliphatic heterocycles. The molecule has 4 aliphatic rings. The predicted molar refractivity (Wildman–Crippen MR) is 194 cm³/mol. The van der Waals surface area contributed by atoms with E-state index in [2.05, 4.69) is 38.9 Å². The molecule has 49 heavy (non-hydrogen) atoms. The number of allylic oxidation sites excluding steroid dienone is 2. The molecule has 266 valence electrons. The van der Waals surface area contributed by atoms with Crippen LogP contribution >= 0.6 is 11.6 Å². The van der Waals surface area contributed by atoms with Crippen LogP contribution in [0, 0.1) is 23.7 Å². The largest absolute Gasteiger partial charge is 0.491 e. The second-order valence-electron chi connectivity index (χ2n) is 14.8. The van der Waals surface area contributed by atoms with Gasteiger partial charge in [-0.25, -0.2) is 4.79 Å². The lowest BCUT2D eigenvalue weighted by Gasteiger charge is -2.47. The van der Waals surface area contributed by atoms with Crippen molar-refractivity contribution in [3.63, 3.8) is 0 Å². The second-order valence-corrected chi connectivity index (χ2v) is 16.4. The van der Waals surface area contributed by atoms with Crippen molar-refractivity contribution in [1.82, 2.24) is 10.2 Å². The summed E-state index contributed by atoms with van der Waals surface area (Å²) in [6.07, 6.45) is 11.1. The summed E-state index contributed by atoms with van der Waals surface area (Å²) in [6.45, 7) is 9.14. The highest BCUT2D eigenvalue weighted by Crippen LogP contribution is 2.41. The van der Waals surface area contributed by atoms with E-state index < -0.39 is 21.9 Å². The van der Waals surface area contributed by atoms with Crippen molar-refractivity contribution in [3.8, 4) is 5.75 Å². The summed E-state index contributed by atoms with van der Waals surface area (Å²) in [7, 11) is -0.331. The summed E-state index contributed by atoms with van der Waals surface area (Å²) >= 11 is 6.44. The van der Waals surface area contributed by atoms with Gasteiger partial charge in [0.15, 0.2) is 0 Å². The van der Waals surface area contributed by atoms with E-state index in [0.29, 0.717) is 50.1 Å². The lowest BCUT2D eigenvalue weighted by molar-refractivity contribution is -0.0751. The van der Waals surface area contributed by atoms with Crippen LogP contribution in [0.4, 0.5) is 10.5 Å². The molecular weight excluding hydrogens is 660 g/mol. The van der Waals surface area contributed by atoms with Crippen LogP contribution in [0.2, 0.25) is 5.02 Å². The molecule has 3 amide bonds. The highest BCUT2D eigenvalue weighted by Gasteiger charge is 2.41. The number of fused-ring (bicyclic) bond motifs is 3. The van der Waals surface area contributed by atoms with E-state index in [1.54, 1.807) is 18.1 Å². The van der Waals surface area contributed by atoms with Gasteiger partial charge in [0.05, 0.1) is 17.9 Å². The Morgan fingerprint density at radius 3 is 2.57 bits per heavy atom. The van der Waals surface area contributed by atoms with Gasteiger partial charge < -0.3 is 33.2 Å². The fraction of sp³-hybridized carbons (Fsp3) is 0.579. The first-order valence-electron chi connectivity index (χ1n) is 17.7. The minimum atomic E-state index is -2.01. The number of anilines is 1. The first kappa shape index (κ1) is 35.7. The SMILES string of the molecule is COC(C)(C)C1CN(C(=O)NC2[C@@H](C)C/C=C/C[C@@H]3CC[C@H]3CN3Cc4ccc(Cl)cc4CCCCOc4ccc(cc43)C(=O)N=[S-]2=O)C1. The molecule has 9 nitrogen and oxygen atoms in total. The molecule has 11 heteroatoms. The molecule has 6 rings (SSSR count). The number of hydrogen-bond acceptors (Lipinski definition) is 7. The number of methoxy groups -OCH3 is 1. The number of carbonyl (C=O) groups excluding carboxylic acids is 2. The van der Waals surface area contributed by atoms with E-state index in [9.17, 15) is 13.8 Å². The fourth-order valence-corrected chi connectivity index (χ4v) is 8.57. The number of urea groups is 1. The molecule has 3 heterocycles. The van der Waals surface area contributed by atoms with E-state index in [1.807, 2.05) is 39.0 Å². The molecule has 1 saturated heterocycles. The molecule has 2 bridgehead atoms. The predicted octanol–water partition coefficient (Wildman–Crippen LogP) is 7.75. The third-order valence-electron chi connectivity index (χ3n) is 11.2. The van der Waals surface area contributed by atoms with Crippen molar-refractivity contribution >= 4 is 39.8 Å². The van der Waals surface area contributed by atoms with Gasteiger partial charge in [0.2, 0.25) is 0 Å². The van der Waals surface area contributed by atoms with Crippen LogP contribution < -0.4 is 15.0 Å². The van der Waals surface area contributed by atoms with Crippen molar-refractivity contribution in [1.29, 1.82) is 0 Å². The monoisotopic (exact) mass is 709 g/mol. The van der Waals surface area contributed by atoms with Crippen molar-refractivity contribution in [2.45, 2.75) is 83.2 Å². The molecule has 2 aromatic carbocycles. The van der Waals surface area contributed by atoms with Crippen molar-refractivity contribution < 1.29 is 23.3 Å². The van der Waals surface area contributed by atoms with Crippen LogP contribution in [0.1, 0.15) is 80.8 Å². The molecular formula is C38H50ClN4O5S-. The Balaban J connectivity index is 1.33. The summed E-state index contributed by atoms with van der Waals surface area (Å²) in [5.41, 5.74) is 3.30. The lowest BCUT2D eigenvalue weighted by atomic mass is 9.71. The Kier molecular flexibility index (Phi) is 11.3. The molecule has 4 atom stereocenters. The van der Waals surface area contributed by atoms with Gasteiger partial charge in [-0.1, -0.05) is 36.7 Å². The van der Waals surface area contributed by atoms with Crippen molar-refractivity contribution in [2.75, 3.05) is 38.3 Å². The van der Waals surface area contributed by atoms with Gasteiger partial charge in [-0.05, 0) is 123 Å². The topological polar surface area (TPSA) is 101 Å². The standard InChI is InChI=1S/C38H50ClN4O5S/c1-25-9-5-6-10-26-12-13-29(26)21-42-22-30-14-16-32(39)19-27(30)11-7-8-18-48-34-17-15-28(20-33(34)42)35(44)41-49(46)36(25)40-37(45)43-23-31(24-43)38(2,3)47-4/h5-6,14-17,19-20,25-26,29,31,36H,7-13,18,21-24H2,1-4H3,(H,40,45)/q-1/b6-5+/t25-,26+,29-,36?/m0/s1. The van der Waals surface area contributed by atoms with Gasteiger partial charge >= 0.3 is 6.03 Å². The van der Waals surface area contributed by atoms with Gasteiger partial charge in [-0.2, -0.15) is 10.6 Å². The normalized spacial score (nSPS) is 26.4. The van der Waals surface area contributed by atoms with Crippen LogP contribution in [0.15, 0.2) is 52.9 Å². The zero-order chi connectivity index (χ0) is 34.7. The number of nitrogens with one attached hydrogen (secondary N) is 1. The minimum absolute atomic E-state index is 0.207. The molecule has 2 fully saturated rings. The molecule has 0 radical (unpaired) electrons. The Morgan fingerprint density at radius 2 is 1.82 bits per heavy atom. The zero-order valence-corrected chi connectivity index (χ0v) is 30.7. The van der Waals surface area contributed by atoms with E-state index >= 15 is 0 Å². The van der Waals surface area contributed by atoms with E-state index in [0.717, 1.165) is 55.1 Å². The van der Waals surface area contributed by atoms with Crippen molar-refractivity contribution in [2.24, 2.45) is 28.0 Å². The number of benzene rings is 2. The molecule has 0 spiro atoms. The summed E-state index contributed by atoms with van der Waals surface area (Å²) in [5.74, 6) is 1.19. The summed E-state index contributed by atoms with van der Waals surface area (Å²) in [4.78, 5) is 31.1. The van der Waals surface area contributed by atoms with Gasteiger partial charge in [0, 0.05) is 49.8 Å². The van der Waals surface area contributed by atoms with E-state index in [1.165, 1.54) is 17.5 Å². The highest BCUT2D eigenvalue weighted by molar-refractivity contribution is 7.75. The van der Waals surface area contributed by atoms with Gasteiger partial charge in [0.25, 0.3) is 5.91 Å². The average Bonchev–Trinajstić information content (AvgIpc) is 3.06. The number of ether oxygens (including phenoxy) is 2. The summed E-state index contributed by atoms with van der Waals surface area (Å²) in [6, 6.07) is 11.3. The van der Waals surface area contributed by atoms with Crippen LogP contribution in [0.3, 0.4) is 0 Å². The number of hydrogen-bond donors (Lipinski definition) is 1. The average molecular weight is 710 g/mol. The van der Waals surface area contributed by atoms with E-state index in [4.69, 9.17) is 21.1 Å². The first-order valence-corrected chi connectivity index (χ1v) is 19.3. The highest BCUT2D eigenvalue weighted by atomic mass is 35.5. The van der Waals surface area contributed by atoms with Crippen LogP contribution in [0.25, 0.3) is 0 Å². The zero-order valence-electron chi connectivity index (χ0n) is 29.2. The lowest BCUT2D eigenvalue weighted by Crippen LogP contribution is -2.61. The summed E-state index contributed by atoms with van der Waals surface area (Å²) in [5, 5.41) is 2.88. The van der Waals surface area contributed by atoms with Crippen LogP contribution in [0.5, 0.6) is 5.75 Å². The molecule has 1 unspecified atom stereocenters. The van der Waals surface area contributed by atoms with Gasteiger partial charge in [-0.15, -0.1) is 0 Å². The molecule has 1 aliphatic carbocycles. The van der Waals surface area contributed by atoms with Crippen LogP contribution in [-0.4, -0.2) is 61.2 Å². The first-order chi connectivity index (χ1) is 23.5. The fourth-order valence-electron chi connectivity index (χ4n) is 7.28. The Bertz CT molecular complexity index is 1650. The number of amides is 3. The van der Waals surface area contributed by atoms with Crippen molar-refractivity contribution in [3.05, 3.63) is 70.3 Å². The molecule has 1 N–H and O–H groups in total. The molecule has 1 saturated carbocycles. The minimum Gasteiger partial charge on any atom is -0.491 e.